The third-order valence-corrected chi connectivity index (χ3v) is 3.35. The Kier molecular flexibility index (Phi) is 2.65. The summed E-state index contributed by atoms with van der Waals surface area (Å²) in [6.45, 7) is 0. The van der Waals surface area contributed by atoms with Gasteiger partial charge in [0, 0.05) is 5.92 Å². The van der Waals surface area contributed by atoms with Crippen LogP contribution >= 0.6 is 0 Å². The van der Waals surface area contributed by atoms with Gasteiger partial charge in [-0.25, -0.2) is 0 Å². The average molecular weight is 229 g/mol. The molecule has 0 aliphatic heterocycles. The summed E-state index contributed by atoms with van der Waals surface area (Å²) >= 11 is 0. The molecule has 0 saturated heterocycles. The van der Waals surface area contributed by atoms with Crippen LogP contribution in [0.5, 0.6) is 0 Å². The van der Waals surface area contributed by atoms with Crippen LogP contribution in [0.15, 0.2) is 34.9 Å². The maximum absolute atomic E-state index is 6.09. The maximum atomic E-state index is 6.09. The summed E-state index contributed by atoms with van der Waals surface area (Å²) in [5.74, 6) is 1.81. The van der Waals surface area contributed by atoms with E-state index in [0.717, 1.165) is 11.4 Å². The van der Waals surface area contributed by atoms with E-state index in [1.54, 1.807) is 0 Å². The summed E-state index contributed by atoms with van der Waals surface area (Å²) in [6.07, 6.45) is 3.60. The van der Waals surface area contributed by atoms with E-state index in [9.17, 15) is 0 Å². The molecule has 1 aliphatic carbocycles. The van der Waals surface area contributed by atoms with Gasteiger partial charge < -0.3 is 10.3 Å². The van der Waals surface area contributed by atoms with Gasteiger partial charge in [-0.1, -0.05) is 41.9 Å². The van der Waals surface area contributed by atoms with E-state index in [-0.39, 0.29) is 6.04 Å². The van der Waals surface area contributed by atoms with E-state index in [1.807, 2.05) is 30.3 Å². The SMILES string of the molecule is N[C@H](c1ccccc1)c1nc(C2CCC2)no1. The van der Waals surface area contributed by atoms with Crippen molar-refractivity contribution in [3.63, 3.8) is 0 Å². The average Bonchev–Trinajstić information content (AvgIpc) is 2.76. The fourth-order valence-corrected chi connectivity index (χ4v) is 2.01. The first-order valence-electron chi connectivity index (χ1n) is 5.98. The van der Waals surface area contributed by atoms with E-state index in [0.29, 0.717) is 11.8 Å². The van der Waals surface area contributed by atoms with E-state index in [2.05, 4.69) is 10.1 Å². The first-order valence-corrected chi connectivity index (χ1v) is 5.98. The Bertz CT molecular complexity index is 490. The third kappa shape index (κ3) is 1.96. The fraction of sp³-hybridized carbons (Fsp3) is 0.385. The molecule has 2 aromatic rings. The van der Waals surface area contributed by atoms with Gasteiger partial charge in [0.2, 0.25) is 5.89 Å². The van der Waals surface area contributed by atoms with Gasteiger partial charge >= 0.3 is 0 Å². The Labute approximate surface area is 99.8 Å². The normalized spacial score (nSPS) is 17.7. The quantitative estimate of drug-likeness (QED) is 0.877. The summed E-state index contributed by atoms with van der Waals surface area (Å²) < 4.78 is 5.25. The molecule has 0 spiro atoms. The summed E-state index contributed by atoms with van der Waals surface area (Å²) in [7, 11) is 0. The van der Waals surface area contributed by atoms with Gasteiger partial charge in [-0.15, -0.1) is 0 Å². The molecule has 1 heterocycles. The predicted molar refractivity (Wildman–Crippen MR) is 63.4 cm³/mol. The van der Waals surface area contributed by atoms with Crippen LogP contribution in [0.25, 0.3) is 0 Å². The van der Waals surface area contributed by atoms with Crippen LogP contribution in [0.4, 0.5) is 0 Å². The molecule has 0 bridgehead atoms. The molecule has 0 radical (unpaired) electrons. The highest BCUT2D eigenvalue weighted by molar-refractivity contribution is 5.23. The highest BCUT2D eigenvalue weighted by Crippen LogP contribution is 2.35. The minimum Gasteiger partial charge on any atom is -0.337 e. The Morgan fingerprint density at radius 1 is 1.24 bits per heavy atom. The zero-order chi connectivity index (χ0) is 11.7. The van der Waals surface area contributed by atoms with Crippen LogP contribution in [0, 0.1) is 0 Å². The molecule has 3 rings (SSSR count). The standard InChI is InChI=1S/C13H15N3O/c14-11(9-5-2-1-3-6-9)13-15-12(16-17-13)10-7-4-8-10/h1-3,5-6,10-11H,4,7-8,14H2/t11-/m1/s1. The molecule has 1 aromatic carbocycles. The monoisotopic (exact) mass is 229 g/mol. The minimum atomic E-state index is -0.322. The molecular weight excluding hydrogens is 214 g/mol. The molecule has 4 nitrogen and oxygen atoms in total. The number of aromatic nitrogens is 2. The summed E-state index contributed by atoms with van der Waals surface area (Å²) in [6, 6.07) is 9.49. The van der Waals surface area contributed by atoms with Gasteiger partial charge in [0.05, 0.1) is 0 Å². The summed E-state index contributed by atoms with van der Waals surface area (Å²) in [5, 5.41) is 4.02. The zero-order valence-corrected chi connectivity index (χ0v) is 9.54. The number of hydrogen-bond donors (Lipinski definition) is 1. The fourth-order valence-electron chi connectivity index (χ4n) is 2.01. The van der Waals surface area contributed by atoms with Crippen LogP contribution in [-0.2, 0) is 0 Å². The molecule has 88 valence electrons. The molecule has 17 heavy (non-hydrogen) atoms. The van der Waals surface area contributed by atoms with E-state index in [4.69, 9.17) is 10.3 Å². The zero-order valence-electron chi connectivity index (χ0n) is 9.54. The number of nitrogens with zero attached hydrogens (tertiary/aromatic N) is 2. The number of rotatable bonds is 3. The van der Waals surface area contributed by atoms with Gasteiger partial charge in [0.25, 0.3) is 0 Å². The van der Waals surface area contributed by atoms with Crippen LogP contribution in [0.1, 0.15) is 48.5 Å². The van der Waals surface area contributed by atoms with Crippen molar-refractivity contribution < 1.29 is 4.52 Å². The summed E-state index contributed by atoms with van der Waals surface area (Å²) in [4.78, 5) is 4.41. The van der Waals surface area contributed by atoms with Crippen molar-refractivity contribution in [3.05, 3.63) is 47.6 Å². The smallest absolute Gasteiger partial charge is 0.248 e. The molecule has 4 heteroatoms. The third-order valence-electron chi connectivity index (χ3n) is 3.35. The Morgan fingerprint density at radius 2 is 2.00 bits per heavy atom. The molecule has 1 atom stereocenters. The van der Waals surface area contributed by atoms with Crippen LogP contribution in [-0.4, -0.2) is 10.1 Å². The molecule has 1 aliphatic rings. The summed E-state index contributed by atoms with van der Waals surface area (Å²) in [5.41, 5.74) is 7.09. The Morgan fingerprint density at radius 3 is 2.65 bits per heavy atom. The second-order valence-corrected chi connectivity index (χ2v) is 4.51. The van der Waals surface area contributed by atoms with Gasteiger partial charge in [-0.3, -0.25) is 0 Å². The van der Waals surface area contributed by atoms with E-state index >= 15 is 0 Å². The van der Waals surface area contributed by atoms with Crippen molar-refractivity contribution in [2.75, 3.05) is 0 Å². The Balaban J connectivity index is 1.81. The highest BCUT2D eigenvalue weighted by Gasteiger charge is 2.26. The molecule has 2 N–H and O–H groups in total. The van der Waals surface area contributed by atoms with Crippen molar-refractivity contribution >= 4 is 0 Å². The number of nitrogens with two attached hydrogens (primary N) is 1. The van der Waals surface area contributed by atoms with E-state index < -0.39 is 0 Å². The molecule has 1 aromatic heterocycles. The van der Waals surface area contributed by atoms with Crippen LogP contribution < -0.4 is 5.73 Å². The lowest BCUT2D eigenvalue weighted by Gasteiger charge is -2.21. The van der Waals surface area contributed by atoms with Crippen LogP contribution in [0.2, 0.25) is 0 Å². The lowest BCUT2D eigenvalue weighted by atomic mass is 9.85. The number of hydrogen-bond acceptors (Lipinski definition) is 4. The van der Waals surface area contributed by atoms with Crippen LogP contribution in [0.3, 0.4) is 0 Å². The van der Waals surface area contributed by atoms with Crippen molar-refractivity contribution in [3.8, 4) is 0 Å². The minimum absolute atomic E-state index is 0.322. The largest absolute Gasteiger partial charge is 0.337 e. The van der Waals surface area contributed by atoms with Crippen molar-refractivity contribution in [2.24, 2.45) is 5.73 Å². The molecule has 1 fully saturated rings. The van der Waals surface area contributed by atoms with Crippen molar-refractivity contribution in [2.45, 2.75) is 31.2 Å². The second-order valence-electron chi connectivity index (χ2n) is 4.51. The first-order chi connectivity index (χ1) is 8.34. The highest BCUT2D eigenvalue weighted by atomic mass is 16.5. The second kappa shape index (κ2) is 4.30. The van der Waals surface area contributed by atoms with Gasteiger partial charge in [0.15, 0.2) is 5.82 Å². The van der Waals surface area contributed by atoms with Crippen molar-refractivity contribution in [1.29, 1.82) is 0 Å². The lowest BCUT2D eigenvalue weighted by molar-refractivity contribution is 0.341. The van der Waals surface area contributed by atoms with Gasteiger partial charge in [-0.05, 0) is 18.4 Å². The molecule has 0 amide bonds. The molecule has 1 saturated carbocycles. The predicted octanol–water partition coefficient (Wildman–Crippen LogP) is 2.39. The first kappa shape index (κ1) is 10.5. The van der Waals surface area contributed by atoms with Gasteiger partial charge in [-0.2, -0.15) is 4.98 Å². The molecule has 0 unspecified atom stereocenters. The number of benzene rings is 1. The lowest BCUT2D eigenvalue weighted by Crippen LogP contribution is -2.13. The maximum Gasteiger partial charge on any atom is 0.248 e. The van der Waals surface area contributed by atoms with Crippen molar-refractivity contribution in [1.82, 2.24) is 10.1 Å². The topological polar surface area (TPSA) is 64.9 Å². The van der Waals surface area contributed by atoms with Gasteiger partial charge in [0.1, 0.15) is 6.04 Å². The molecular formula is C13H15N3O. The Hall–Kier alpha value is -1.68. The van der Waals surface area contributed by atoms with E-state index in [1.165, 1.54) is 19.3 Å².